The van der Waals surface area contributed by atoms with Crippen LogP contribution in [0, 0.1) is 5.92 Å². The van der Waals surface area contributed by atoms with Crippen molar-refractivity contribution in [3.8, 4) is 0 Å². The molecule has 0 atom stereocenters. The number of ether oxygens (including phenoxy) is 1. The van der Waals surface area contributed by atoms with Gasteiger partial charge >= 0.3 is 0 Å². The summed E-state index contributed by atoms with van der Waals surface area (Å²) in [6.45, 7) is 6.31. The molecule has 0 aromatic carbocycles. The molecule has 0 unspecified atom stereocenters. The third-order valence-corrected chi connectivity index (χ3v) is 3.33. The van der Waals surface area contributed by atoms with Crippen LogP contribution in [0.5, 0.6) is 0 Å². The van der Waals surface area contributed by atoms with Crippen LogP contribution < -0.4 is 10.5 Å². The molecule has 0 heterocycles. The second-order valence-electron chi connectivity index (χ2n) is 4.18. The van der Waals surface area contributed by atoms with Gasteiger partial charge in [0, 0.05) is 19.8 Å². The van der Waals surface area contributed by atoms with Crippen LogP contribution >= 0.6 is 0 Å². The van der Waals surface area contributed by atoms with Gasteiger partial charge in [0.2, 0.25) is 10.0 Å². The molecule has 98 valence electrons. The van der Waals surface area contributed by atoms with Gasteiger partial charge in [-0.2, -0.15) is 0 Å². The summed E-state index contributed by atoms with van der Waals surface area (Å²) in [5.41, 5.74) is 5.25. The van der Waals surface area contributed by atoms with Crippen molar-refractivity contribution in [3.05, 3.63) is 0 Å². The standard InChI is InChI=1S/C10H24N2O3S/c1-10(2)9-15-7-4-6-12-16(13,14)8-3-5-11/h10,12H,3-9,11H2,1-2H3. The molecular formula is C10H24N2O3S. The predicted molar refractivity (Wildman–Crippen MR) is 65.7 cm³/mol. The number of sulfonamides is 1. The molecule has 16 heavy (non-hydrogen) atoms. The van der Waals surface area contributed by atoms with Crippen molar-refractivity contribution in [2.45, 2.75) is 26.7 Å². The molecule has 0 amide bonds. The average molecular weight is 252 g/mol. The van der Waals surface area contributed by atoms with Crippen LogP contribution in [0.15, 0.2) is 0 Å². The van der Waals surface area contributed by atoms with Gasteiger partial charge in [0.15, 0.2) is 0 Å². The van der Waals surface area contributed by atoms with E-state index in [1.54, 1.807) is 0 Å². The Balaban J connectivity index is 3.43. The summed E-state index contributed by atoms with van der Waals surface area (Å²) in [6.07, 6.45) is 1.20. The summed E-state index contributed by atoms with van der Waals surface area (Å²) in [6, 6.07) is 0. The van der Waals surface area contributed by atoms with Crippen molar-refractivity contribution in [3.63, 3.8) is 0 Å². The molecule has 5 nitrogen and oxygen atoms in total. The van der Waals surface area contributed by atoms with Gasteiger partial charge in [0.25, 0.3) is 0 Å². The largest absolute Gasteiger partial charge is 0.381 e. The third-order valence-electron chi connectivity index (χ3n) is 1.86. The molecule has 0 aromatic heterocycles. The quantitative estimate of drug-likeness (QED) is 0.549. The van der Waals surface area contributed by atoms with Crippen LogP contribution in [0.3, 0.4) is 0 Å². The van der Waals surface area contributed by atoms with Crippen molar-refractivity contribution >= 4 is 10.0 Å². The fourth-order valence-electron chi connectivity index (χ4n) is 1.07. The van der Waals surface area contributed by atoms with Crippen LogP contribution in [0.1, 0.15) is 26.7 Å². The summed E-state index contributed by atoms with van der Waals surface area (Å²) in [5, 5.41) is 0. The van der Waals surface area contributed by atoms with E-state index in [-0.39, 0.29) is 5.75 Å². The van der Waals surface area contributed by atoms with E-state index in [4.69, 9.17) is 10.5 Å². The highest BCUT2D eigenvalue weighted by Crippen LogP contribution is 1.94. The highest BCUT2D eigenvalue weighted by Gasteiger charge is 2.07. The third kappa shape index (κ3) is 10.4. The Bertz CT molecular complexity index is 253. The second kappa shape index (κ2) is 8.92. The lowest BCUT2D eigenvalue weighted by atomic mass is 10.2. The molecule has 3 N–H and O–H groups in total. The molecule has 0 rings (SSSR count). The van der Waals surface area contributed by atoms with Gasteiger partial charge in [-0.1, -0.05) is 13.8 Å². The monoisotopic (exact) mass is 252 g/mol. The molecule has 0 fully saturated rings. The summed E-state index contributed by atoms with van der Waals surface area (Å²) in [4.78, 5) is 0. The minimum absolute atomic E-state index is 0.107. The van der Waals surface area contributed by atoms with Crippen molar-refractivity contribution in [1.29, 1.82) is 0 Å². The van der Waals surface area contributed by atoms with Gasteiger partial charge in [-0.3, -0.25) is 0 Å². The molecule has 0 bridgehead atoms. The molecule has 0 spiro atoms. The van der Waals surface area contributed by atoms with Crippen LogP contribution in [-0.2, 0) is 14.8 Å². The first-order valence-electron chi connectivity index (χ1n) is 5.73. The molecule has 6 heteroatoms. The summed E-state index contributed by atoms with van der Waals surface area (Å²) in [5.74, 6) is 0.623. The van der Waals surface area contributed by atoms with E-state index >= 15 is 0 Å². The van der Waals surface area contributed by atoms with Crippen LogP contribution in [0.2, 0.25) is 0 Å². The summed E-state index contributed by atoms with van der Waals surface area (Å²) >= 11 is 0. The number of hydrogen-bond donors (Lipinski definition) is 2. The Kier molecular flexibility index (Phi) is 8.83. The second-order valence-corrected chi connectivity index (χ2v) is 6.10. The first-order chi connectivity index (χ1) is 7.48. The summed E-state index contributed by atoms with van der Waals surface area (Å²) in [7, 11) is -3.13. The molecule has 0 aliphatic rings. The van der Waals surface area contributed by atoms with Crippen molar-refractivity contribution in [2.75, 3.05) is 32.1 Å². The lowest BCUT2D eigenvalue weighted by molar-refractivity contribution is 0.108. The zero-order valence-corrected chi connectivity index (χ0v) is 11.1. The fraction of sp³-hybridized carbons (Fsp3) is 1.00. The minimum Gasteiger partial charge on any atom is -0.381 e. The van der Waals surface area contributed by atoms with Gasteiger partial charge in [0.1, 0.15) is 0 Å². The molecule has 0 aromatic rings. The van der Waals surface area contributed by atoms with Crippen molar-refractivity contribution in [2.24, 2.45) is 11.7 Å². The van der Waals surface area contributed by atoms with Crippen molar-refractivity contribution in [1.82, 2.24) is 4.72 Å². The first-order valence-corrected chi connectivity index (χ1v) is 7.38. The van der Waals surface area contributed by atoms with Gasteiger partial charge in [-0.15, -0.1) is 0 Å². The Hall–Kier alpha value is -0.170. The fourth-order valence-corrected chi connectivity index (χ4v) is 2.21. The number of nitrogens with one attached hydrogen (secondary N) is 1. The smallest absolute Gasteiger partial charge is 0.211 e. The molecule has 0 saturated heterocycles. The maximum atomic E-state index is 11.3. The number of rotatable bonds is 10. The Morgan fingerprint density at radius 2 is 2.00 bits per heavy atom. The molecular weight excluding hydrogens is 228 g/mol. The molecule has 0 aliphatic heterocycles. The summed E-state index contributed by atoms with van der Waals surface area (Å²) < 4.78 is 30.5. The van der Waals surface area contributed by atoms with E-state index < -0.39 is 10.0 Å². The molecule has 0 saturated carbocycles. The van der Waals surface area contributed by atoms with E-state index in [2.05, 4.69) is 18.6 Å². The topological polar surface area (TPSA) is 81.4 Å². The maximum Gasteiger partial charge on any atom is 0.211 e. The first kappa shape index (κ1) is 15.8. The Labute approximate surface area is 98.8 Å². The maximum absolute atomic E-state index is 11.3. The highest BCUT2D eigenvalue weighted by atomic mass is 32.2. The van der Waals surface area contributed by atoms with E-state index in [9.17, 15) is 8.42 Å². The van der Waals surface area contributed by atoms with E-state index in [1.165, 1.54) is 0 Å². The molecule has 0 radical (unpaired) electrons. The number of hydrogen-bond acceptors (Lipinski definition) is 4. The zero-order chi connectivity index (χ0) is 12.4. The van der Waals surface area contributed by atoms with E-state index in [0.29, 0.717) is 38.5 Å². The average Bonchev–Trinajstić information content (AvgIpc) is 2.20. The van der Waals surface area contributed by atoms with Crippen LogP contribution in [0.4, 0.5) is 0 Å². The minimum atomic E-state index is -3.13. The van der Waals surface area contributed by atoms with Crippen LogP contribution in [-0.4, -0.2) is 40.5 Å². The van der Waals surface area contributed by atoms with E-state index in [1.807, 2.05) is 0 Å². The Morgan fingerprint density at radius 3 is 2.56 bits per heavy atom. The van der Waals surface area contributed by atoms with Gasteiger partial charge < -0.3 is 10.5 Å². The zero-order valence-electron chi connectivity index (χ0n) is 10.2. The SMILES string of the molecule is CC(C)COCCCNS(=O)(=O)CCCN. The highest BCUT2D eigenvalue weighted by molar-refractivity contribution is 7.89. The predicted octanol–water partition coefficient (Wildman–Crippen LogP) is 0.317. The van der Waals surface area contributed by atoms with Crippen molar-refractivity contribution < 1.29 is 13.2 Å². The van der Waals surface area contributed by atoms with Crippen LogP contribution in [0.25, 0.3) is 0 Å². The lowest BCUT2D eigenvalue weighted by Gasteiger charge is -2.08. The van der Waals surface area contributed by atoms with Gasteiger partial charge in [-0.05, 0) is 25.3 Å². The van der Waals surface area contributed by atoms with Gasteiger partial charge in [-0.25, -0.2) is 13.1 Å². The van der Waals surface area contributed by atoms with Gasteiger partial charge in [0.05, 0.1) is 5.75 Å². The molecule has 0 aliphatic carbocycles. The van der Waals surface area contributed by atoms with E-state index in [0.717, 1.165) is 6.61 Å². The Morgan fingerprint density at radius 1 is 1.31 bits per heavy atom. The number of nitrogens with two attached hydrogens (primary N) is 1. The normalized spacial score (nSPS) is 12.2. The lowest BCUT2D eigenvalue weighted by Crippen LogP contribution is -2.29.